The van der Waals surface area contributed by atoms with Gasteiger partial charge in [-0.15, -0.1) is 0 Å². The number of rotatable bonds is 7. The Kier molecular flexibility index (Phi) is 5.01. The molecule has 2 rings (SSSR count). The normalized spacial score (nSPS) is 12.8. The third kappa shape index (κ3) is 3.12. The Morgan fingerprint density at radius 3 is 2.85 bits per heavy atom. The highest BCUT2D eigenvalue weighted by Crippen LogP contribution is 2.22. The van der Waals surface area contributed by atoms with Crippen molar-refractivity contribution < 1.29 is 0 Å². The van der Waals surface area contributed by atoms with Crippen LogP contribution in [0.5, 0.6) is 0 Å². The van der Waals surface area contributed by atoms with E-state index in [1.54, 1.807) is 0 Å². The molecule has 4 heteroatoms. The van der Waals surface area contributed by atoms with Crippen LogP contribution in [0, 0.1) is 5.92 Å². The van der Waals surface area contributed by atoms with E-state index in [1.165, 1.54) is 12.1 Å². The van der Waals surface area contributed by atoms with E-state index in [0.29, 0.717) is 5.92 Å². The largest absolute Gasteiger partial charge is 0.358 e. The topological polar surface area (TPSA) is 32.6 Å². The minimum absolute atomic E-state index is 0.678. The molecule has 0 aromatic carbocycles. The number of nitrogens with one attached hydrogen (secondary N) is 1. The molecule has 0 aliphatic carbocycles. The third-order valence-corrected chi connectivity index (χ3v) is 3.79. The summed E-state index contributed by atoms with van der Waals surface area (Å²) in [5, 5.41) is 3.42. The number of hydrogen-bond acceptors (Lipinski definition) is 3. The summed E-state index contributed by atoms with van der Waals surface area (Å²) in [6.07, 6.45) is 3.29. The molecule has 2 aromatic rings. The second-order valence-electron chi connectivity index (χ2n) is 5.49. The van der Waals surface area contributed by atoms with Gasteiger partial charge in [0.25, 0.3) is 0 Å². The monoisotopic (exact) mass is 274 g/mol. The smallest absolute Gasteiger partial charge is 0.152 e. The summed E-state index contributed by atoms with van der Waals surface area (Å²) in [6, 6.07) is 6.16. The molecule has 20 heavy (non-hydrogen) atoms. The second kappa shape index (κ2) is 6.75. The molecule has 1 N–H and O–H groups in total. The quantitative estimate of drug-likeness (QED) is 0.842. The van der Waals surface area contributed by atoms with Gasteiger partial charge in [0, 0.05) is 26.3 Å². The van der Waals surface area contributed by atoms with Crippen LogP contribution in [-0.4, -0.2) is 29.5 Å². The lowest BCUT2D eigenvalue weighted by Gasteiger charge is -2.22. The van der Waals surface area contributed by atoms with Crippen molar-refractivity contribution in [3.8, 4) is 0 Å². The Bertz CT molecular complexity index is 546. The number of anilines is 1. The van der Waals surface area contributed by atoms with Crippen LogP contribution >= 0.6 is 0 Å². The molecule has 1 atom stereocenters. The van der Waals surface area contributed by atoms with E-state index in [4.69, 9.17) is 4.98 Å². The molecule has 1 unspecified atom stereocenters. The molecule has 0 saturated heterocycles. The summed E-state index contributed by atoms with van der Waals surface area (Å²) in [7, 11) is 2.14. The minimum Gasteiger partial charge on any atom is -0.358 e. The second-order valence-corrected chi connectivity index (χ2v) is 5.49. The maximum absolute atomic E-state index is 4.80. The van der Waals surface area contributed by atoms with Crippen LogP contribution in [0.1, 0.15) is 32.9 Å². The van der Waals surface area contributed by atoms with E-state index in [2.05, 4.69) is 60.8 Å². The van der Waals surface area contributed by atoms with E-state index in [0.717, 1.165) is 31.1 Å². The average Bonchev–Trinajstić information content (AvgIpc) is 2.83. The summed E-state index contributed by atoms with van der Waals surface area (Å²) in [5.41, 5.74) is 2.26. The number of nitrogens with zero attached hydrogens (tertiary/aromatic N) is 3. The molecule has 0 spiro atoms. The van der Waals surface area contributed by atoms with Crippen LogP contribution in [0.3, 0.4) is 0 Å². The molecule has 110 valence electrons. The minimum atomic E-state index is 0.678. The van der Waals surface area contributed by atoms with Crippen molar-refractivity contribution in [1.29, 1.82) is 0 Å². The first-order valence-electron chi connectivity index (χ1n) is 7.55. The summed E-state index contributed by atoms with van der Waals surface area (Å²) in [5.74, 6) is 1.77. The van der Waals surface area contributed by atoms with Gasteiger partial charge in [-0.05, 0) is 24.6 Å². The summed E-state index contributed by atoms with van der Waals surface area (Å²) < 4.78 is 2.19. The van der Waals surface area contributed by atoms with Gasteiger partial charge in [-0.25, -0.2) is 4.98 Å². The Morgan fingerprint density at radius 1 is 1.35 bits per heavy atom. The molecule has 0 bridgehead atoms. The van der Waals surface area contributed by atoms with E-state index >= 15 is 0 Å². The van der Waals surface area contributed by atoms with Gasteiger partial charge >= 0.3 is 0 Å². The maximum Gasteiger partial charge on any atom is 0.152 e. The first-order valence-corrected chi connectivity index (χ1v) is 7.55. The van der Waals surface area contributed by atoms with Crippen molar-refractivity contribution in [2.24, 2.45) is 5.92 Å². The Labute approximate surface area is 121 Å². The zero-order chi connectivity index (χ0) is 14.5. The lowest BCUT2D eigenvalue weighted by Crippen LogP contribution is -2.26. The summed E-state index contributed by atoms with van der Waals surface area (Å²) >= 11 is 0. The number of fused-ring (bicyclic) bond motifs is 1. The molecule has 0 fully saturated rings. The number of pyridine rings is 1. The van der Waals surface area contributed by atoms with E-state index in [1.807, 2.05) is 6.07 Å². The predicted octanol–water partition coefficient (Wildman–Crippen LogP) is 2.93. The van der Waals surface area contributed by atoms with Gasteiger partial charge in [0.15, 0.2) is 5.82 Å². The molecule has 4 nitrogen and oxygen atoms in total. The fraction of sp³-hybridized carbons (Fsp3) is 0.562. The molecule has 0 aliphatic heterocycles. The molecule has 0 amide bonds. The molecule has 0 radical (unpaired) electrons. The molecule has 0 saturated carbocycles. The van der Waals surface area contributed by atoms with Gasteiger partial charge in [0.1, 0.15) is 5.65 Å². The van der Waals surface area contributed by atoms with Gasteiger partial charge in [-0.3, -0.25) is 0 Å². The van der Waals surface area contributed by atoms with Crippen LogP contribution in [0.15, 0.2) is 24.4 Å². The van der Waals surface area contributed by atoms with Gasteiger partial charge in [0.2, 0.25) is 0 Å². The Balaban J connectivity index is 2.34. The Morgan fingerprint density at radius 2 is 2.15 bits per heavy atom. The van der Waals surface area contributed by atoms with E-state index < -0.39 is 0 Å². The highest BCUT2D eigenvalue weighted by atomic mass is 15.2. The maximum atomic E-state index is 4.80. The SMILES string of the molecule is CCNCc1c(N(C)CC(C)CC)nc2ccccn12. The van der Waals surface area contributed by atoms with Crippen LogP contribution in [0.2, 0.25) is 0 Å². The fourth-order valence-electron chi connectivity index (χ4n) is 2.43. The first kappa shape index (κ1) is 14.9. The van der Waals surface area contributed by atoms with Gasteiger partial charge < -0.3 is 14.6 Å². The van der Waals surface area contributed by atoms with Crippen molar-refractivity contribution in [3.05, 3.63) is 30.1 Å². The average molecular weight is 274 g/mol. The molecular formula is C16H26N4. The zero-order valence-corrected chi connectivity index (χ0v) is 13.1. The first-order chi connectivity index (χ1) is 9.67. The molecule has 2 aromatic heterocycles. The van der Waals surface area contributed by atoms with Crippen molar-refractivity contribution in [2.45, 2.75) is 33.7 Å². The van der Waals surface area contributed by atoms with Crippen LogP contribution < -0.4 is 10.2 Å². The van der Waals surface area contributed by atoms with Crippen LogP contribution in [0.25, 0.3) is 5.65 Å². The van der Waals surface area contributed by atoms with Gasteiger partial charge in [-0.1, -0.05) is 33.3 Å². The fourth-order valence-corrected chi connectivity index (χ4v) is 2.43. The van der Waals surface area contributed by atoms with Gasteiger partial charge in [-0.2, -0.15) is 0 Å². The Hall–Kier alpha value is -1.55. The summed E-state index contributed by atoms with van der Waals surface area (Å²) in [4.78, 5) is 7.09. The predicted molar refractivity (Wildman–Crippen MR) is 85.3 cm³/mol. The molecule has 2 heterocycles. The summed E-state index contributed by atoms with van der Waals surface area (Å²) in [6.45, 7) is 9.51. The number of aromatic nitrogens is 2. The lowest BCUT2D eigenvalue weighted by molar-refractivity contribution is 0.556. The van der Waals surface area contributed by atoms with Crippen LogP contribution in [-0.2, 0) is 6.54 Å². The number of imidazole rings is 1. The van der Waals surface area contributed by atoms with E-state index in [-0.39, 0.29) is 0 Å². The van der Waals surface area contributed by atoms with E-state index in [9.17, 15) is 0 Å². The molecule has 0 aliphatic rings. The number of hydrogen-bond donors (Lipinski definition) is 1. The highest BCUT2D eigenvalue weighted by Gasteiger charge is 2.16. The molecular weight excluding hydrogens is 248 g/mol. The van der Waals surface area contributed by atoms with Crippen LogP contribution in [0.4, 0.5) is 5.82 Å². The van der Waals surface area contributed by atoms with Crippen molar-refractivity contribution >= 4 is 11.5 Å². The highest BCUT2D eigenvalue weighted by molar-refractivity contribution is 5.55. The van der Waals surface area contributed by atoms with Crippen molar-refractivity contribution in [2.75, 3.05) is 25.0 Å². The van der Waals surface area contributed by atoms with Crippen molar-refractivity contribution in [3.63, 3.8) is 0 Å². The van der Waals surface area contributed by atoms with Crippen molar-refractivity contribution in [1.82, 2.24) is 14.7 Å². The van der Waals surface area contributed by atoms with Gasteiger partial charge in [0.05, 0.1) is 5.69 Å². The zero-order valence-electron chi connectivity index (χ0n) is 13.1. The third-order valence-electron chi connectivity index (χ3n) is 3.79. The standard InChI is InChI=1S/C16H26N4/c1-5-13(3)12-19(4)16-14(11-17-6-2)20-10-8-7-9-15(20)18-16/h7-10,13,17H,5-6,11-12H2,1-4H3. The lowest BCUT2D eigenvalue weighted by atomic mass is 10.1.